The molecule has 0 aromatic heterocycles. The summed E-state index contributed by atoms with van der Waals surface area (Å²) in [5.74, 6) is -3.28. The first-order valence-electron chi connectivity index (χ1n) is 13.0. The highest BCUT2D eigenvalue weighted by atomic mass is 32.1. The molecule has 7 N–H and O–H groups in total. The Balaban J connectivity index is 1.71. The Morgan fingerprint density at radius 1 is 0.634 bits per heavy atom. The number of aliphatic carboxylic acids is 1. The van der Waals surface area contributed by atoms with Gasteiger partial charge >= 0.3 is 5.97 Å². The van der Waals surface area contributed by atoms with Crippen molar-refractivity contribution in [3.8, 4) is 5.75 Å². The number of carboxylic acids is 1. The first-order valence-corrected chi connectivity index (χ1v) is 13.7. The standard InChI is InChI=1S/C30H34N4O6S/c31-23(15-19-7-3-1-4-8-19)27(36)32-24(16-21-11-13-22(35)14-12-21)28(37)34-26(18-41)29(38)33-25(30(39)40)17-20-9-5-2-6-10-20/h1-14,23-26,35,41H,15-18,31H2,(H,32,36)(H,33,38)(H,34,37)(H,39,40). The molecule has 0 spiro atoms. The molecule has 0 fully saturated rings. The lowest BCUT2D eigenvalue weighted by molar-refractivity contribution is -0.142. The highest BCUT2D eigenvalue weighted by molar-refractivity contribution is 7.80. The molecule has 4 unspecified atom stereocenters. The van der Waals surface area contributed by atoms with Crippen molar-refractivity contribution in [1.82, 2.24) is 16.0 Å². The first kappa shape index (κ1) is 31.2. The van der Waals surface area contributed by atoms with Crippen molar-refractivity contribution >= 4 is 36.3 Å². The molecule has 0 heterocycles. The van der Waals surface area contributed by atoms with E-state index in [-0.39, 0.29) is 30.8 Å². The highest BCUT2D eigenvalue weighted by Gasteiger charge is 2.30. The second-order valence-electron chi connectivity index (χ2n) is 9.56. The number of thiol groups is 1. The summed E-state index contributed by atoms with van der Waals surface area (Å²) in [6, 6.07) is 19.7. The van der Waals surface area contributed by atoms with Gasteiger partial charge in [-0.15, -0.1) is 0 Å². The molecule has 3 rings (SSSR count). The van der Waals surface area contributed by atoms with Gasteiger partial charge in [0.2, 0.25) is 17.7 Å². The van der Waals surface area contributed by atoms with Gasteiger partial charge in [-0.25, -0.2) is 4.79 Å². The molecule has 0 radical (unpaired) electrons. The van der Waals surface area contributed by atoms with Gasteiger partial charge in [0, 0.05) is 18.6 Å². The second kappa shape index (κ2) is 15.4. The van der Waals surface area contributed by atoms with Crippen molar-refractivity contribution in [3.05, 3.63) is 102 Å². The average Bonchev–Trinajstić information content (AvgIpc) is 2.97. The van der Waals surface area contributed by atoms with Gasteiger partial charge in [0.15, 0.2) is 0 Å². The Labute approximate surface area is 243 Å². The number of phenolic OH excluding ortho intramolecular Hbond substituents is 1. The molecular formula is C30H34N4O6S. The largest absolute Gasteiger partial charge is 0.508 e. The Bertz CT molecular complexity index is 1310. The monoisotopic (exact) mass is 578 g/mol. The van der Waals surface area contributed by atoms with E-state index in [9.17, 15) is 29.4 Å². The quantitative estimate of drug-likeness (QED) is 0.141. The van der Waals surface area contributed by atoms with Crippen LogP contribution >= 0.6 is 12.6 Å². The SMILES string of the molecule is NC(Cc1ccccc1)C(=O)NC(Cc1ccc(O)cc1)C(=O)NC(CS)C(=O)NC(Cc1ccccc1)C(=O)O. The maximum absolute atomic E-state index is 13.4. The molecule has 3 aromatic rings. The van der Waals surface area contributed by atoms with E-state index < -0.39 is 47.9 Å². The molecule has 0 aliphatic heterocycles. The molecule has 216 valence electrons. The van der Waals surface area contributed by atoms with Crippen LogP contribution in [0.1, 0.15) is 16.7 Å². The van der Waals surface area contributed by atoms with Crippen LogP contribution in [0.3, 0.4) is 0 Å². The Morgan fingerprint density at radius 3 is 1.61 bits per heavy atom. The van der Waals surface area contributed by atoms with Gasteiger partial charge in [-0.05, 0) is 35.2 Å². The zero-order chi connectivity index (χ0) is 29.8. The molecule has 0 bridgehead atoms. The number of carbonyl (C=O) groups is 4. The van der Waals surface area contributed by atoms with Crippen molar-refractivity contribution in [1.29, 1.82) is 0 Å². The third-order valence-electron chi connectivity index (χ3n) is 6.36. The predicted molar refractivity (Wildman–Crippen MR) is 157 cm³/mol. The van der Waals surface area contributed by atoms with E-state index in [0.29, 0.717) is 5.56 Å². The van der Waals surface area contributed by atoms with Gasteiger partial charge in [-0.1, -0.05) is 72.8 Å². The molecule has 10 nitrogen and oxygen atoms in total. The molecule has 0 aliphatic rings. The first-order chi connectivity index (χ1) is 19.7. The number of phenols is 1. The van der Waals surface area contributed by atoms with Crippen LogP contribution in [0.5, 0.6) is 5.75 Å². The van der Waals surface area contributed by atoms with Crippen molar-refractivity contribution in [3.63, 3.8) is 0 Å². The summed E-state index contributed by atoms with van der Waals surface area (Å²) in [5.41, 5.74) is 8.33. The normalized spacial score (nSPS) is 13.7. The summed E-state index contributed by atoms with van der Waals surface area (Å²) in [7, 11) is 0. The van der Waals surface area contributed by atoms with Gasteiger partial charge in [-0.2, -0.15) is 12.6 Å². The molecule has 3 aromatic carbocycles. The van der Waals surface area contributed by atoms with Crippen LogP contribution in [0.15, 0.2) is 84.9 Å². The second-order valence-corrected chi connectivity index (χ2v) is 9.93. The Morgan fingerprint density at radius 2 is 1.07 bits per heavy atom. The molecule has 3 amide bonds. The summed E-state index contributed by atoms with van der Waals surface area (Å²) in [4.78, 5) is 51.2. The summed E-state index contributed by atoms with van der Waals surface area (Å²) in [5, 5.41) is 27.0. The number of hydrogen-bond donors (Lipinski definition) is 7. The van der Waals surface area contributed by atoms with E-state index in [1.807, 2.05) is 30.3 Å². The predicted octanol–water partition coefficient (Wildman–Crippen LogP) is 1.22. The fourth-order valence-corrected chi connectivity index (χ4v) is 4.36. The van der Waals surface area contributed by atoms with Gasteiger partial charge < -0.3 is 31.9 Å². The van der Waals surface area contributed by atoms with E-state index in [1.54, 1.807) is 42.5 Å². The molecule has 0 saturated heterocycles. The number of benzene rings is 3. The maximum atomic E-state index is 13.4. The van der Waals surface area contributed by atoms with Gasteiger partial charge in [0.1, 0.15) is 23.9 Å². The van der Waals surface area contributed by atoms with Gasteiger partial charge in [-0.3, -0.25) is 14.4 Å². The topological polar surface area (TPSA) is 171 Å². The van der Waals surface area contributed by atoms with E-state index >= 15 is 0 Å². The fourth-order valence-electron chi connectivity index (χ4n) is 4.11. The van der Waals surface area contributed by atoms with Crippen LogP contribution in [0.25, 0.3) is 0 Å². The van der Waals surface area contributed by atoms with Crippen LogP contribution in [-0.4, -0.2) is 63.8 Å². The van der Waals surface area contributed by atoms with Crippen molar-refractivity contribution in [2.75, 3.05) is 5.75 Å². The molecule has 41 heavy (non-hydrogen) atoms. The van der Waals surface area contributed by atoms with Crippen molar-refractivity contribution in [2.24, 2.45) is 5.73 Å². The highest BCUT2D eigenvalue weighted by Crippen LogP contribution is 2.12. The number of hydrogen-bond acceptors (Lipinski definition) is 7. The lowest BCUT2D eigenvalue weighted by Gasteiger charge is -2.25. The molecule has 0 aliphatic carbocycles. The number of carboxylic acid groups (broad SMARTS) is 1. The van der Waals surface area contributed by atoms with Crippen LogP contribution in [0.2, 0.25) is 0 Å². The number of nitrogens with one attached hydrogen (secondary N) is 3. The number of rotatable bonds is 14. The summed E-state index contributed by atoms with van der Waals surface area (Å²) < 4.78 is 0. The summed E-state index contributed by atoms with van der Waals surface area (Å²) in [6.45, 7) is 0. The Kier molecular flexibility index (Phi) is 11.7. The summed E-state index contributed by atoms with van der Waals surface area (Å²) in [6.07, 6.45) is 0.344. The molecular weight excluding hydrogens is 544 g/mol. The minimum absolute atomic E-state index is 0.0407. The van der Waals surface area contributed by atoms with Crippen LogP contribution in [-0.2, 0) is 38.4 Å². The van der Waals surface area contributed by atoms with Crippen LogP contribution in [0.4, 0.5) is 0 Å². The van der Waals surface area contributed by atoms with Crippen molar-refractivity contribution < 1.29 is 29.4 Å². The van der Waals surface area contributed by atoms with E-state index in [2.05, 4.69) is 28.6 Å². The maximum Gasteiger partial charge on any atom is 0.326 e. The molecule has 4 atom stereocenters. The fraction of sp³-hybridized carbons (Fsp3) is 0.267. The zero-order valence-electron chi connectivity index (χ0n) is 22.3. The number of amides is 3. The average molecular weight is 579 g/mol. The third-order valence-corrected chi connectivity index (χ3v) is 6.72. The van der Waals surface area contributed by atoms with Crippen LogP contribution in [0, 0.1) is 0 Å². The lowest BCUT2D eigenvalue weighted by Crippen LogP contribution is -2.58. The minimum atomic E-state index is -1.23. The third kappa shape index (κ3) is 9.96. The van der Waals surface area contributed by atoms with Gasteiger partial charge in [0.05, 0.1) is 6.04 Å². The number of nitrogens with two attached hydrogens (primary N) is 1. The van der Waals surface area contributed by atoms with Gasteiger partial charge in [0.25, 0.3) is 0 Å². The van der Waals surface area contributed by atoms with Crippen molar-refractivity contribution in [2.45, 2.75) is 43.4 Å². The summed E-state index contributed by atoms with van der Waals surface area (Å²) >= 11 is 4.18. The number of aromatic hydroxyl groups is 1. The van der Waals surface area contributed by atoms with E-state index in [4.69, 9.17) is 5.73 Å². The lowest BCUT2D eigenvalue weighted by atomic mass is 10.0. The minimum Gasteiger partial charge on any atom is -0.508 e. The molecule has 11 heteroatoms. The Hall–Kier alpha value is -4.35. The van der Waals surface area contributed by atoms with Crippen LogP contribution < -0.4 is 21.7 Å². The number of carbonyl (C=O) groups excluding carboxylic acids is 3. The zero-order valence-corrected chi connectivity index (χ0v) is 23.2. The molecule has 0 saturated carbocycles. The smallest absolute Gasteiger partial charge is 0.326 e. The van der Waals surface area contributed by atoms with E-state index in [1.165, 1.54) is 12.1 Å². The van der Waals surface area contributed by atoms with E-state index in [0.717, 1.165) is 11.1 Å².